The molecule has 0 unspecified atom stereocenters. The van der Waals surface area contributed by atoms with Crippen molar-refractivity contribution in [2.24, 2.45) is 5.92 Å². The summed E-state index contributed by atoms with van der Waals surface area (Å²) < 4.78 is 0. The summed E-state index contributed by atoms with van der Waals surface area (Å²) in [6, 6.07) is 0. The SMILES string of the molecule is O=C(C1CC1)N1CCSSCC1. The Bertz CT molecular complexity index is 174. The van der Waals surface area contributed by atoms with Gasteiger partial charge in [0.2, 0.25) is 5.91 Å². The van der Waals surface area contributed by atoms with Crippen molar-refractivity contribution in [3.8, 4) is 0 Å². The Balaban J connectivity index is 1.87. The molecule has 0 aromatic carbocycles. The first-order chi connectivity index (χ1) is 5.88. The fraction of sp³-hybridized carbons (Fsp3) is 0.875. The van der Waals surface area contributed by atoms with Gasteiger partial charge >= 0.3 is 0 Å². The summed E-state index contributed by atoms with van der Waals surface area (Å²) >= 11 is 0. The molecule has 0 bridgehead atoms. The Kier molecular flexibility index (Phi) is 2.86. The summed E-state index contributed by atoms with van der Waals surface area (Å²) in [5.41, 5.74) is 0. The topological polar surface area (TPSA) is 20.3 Å². The smallest absolute Gasteiger partial charge is 0.225 e. The Hall–Kier alpha value is 0.170. The van der Waals surface area contributed by atoms with Crippen LogP contribution in [0.5, 0.6) is 0 Å². The molecule has 0 N–H and O–H groups in total. The van der Waals surface area contributed by atoms with Gasteiger partial charge in [0.15, 0.2) is 0 Å². The Morgan fingerprint density at radius 3 is 2.25 bits per heavy atom. The molecule has 1 saturated carbocycles. The standard InChI is InChI=1S/C8H13NOS2/c10-8(7-1-2-7)9-3-5-11-12-6-4-9/h7H,1-6H2. The van der Waals surface area contributed by atoms with E-state index >= 15 is 0 Å². The quantitative estimate of drug-likeness (QED) is 0.604. The molecule has 0 radical (unpaired) electrons. The van der Waals surface area contributed by atoms with Gasteiger partial charge in [0.05, 0.1) is 0 Å². The summed E-state index contributed by atoms with van der Waals surface area (Å²) in [5, 5.41) is 0. The summed E-state index contributed by atoms with van der Waals surface area (Å²) in [6.07, 6.45) is 2.27. The molecule has 2 rings (SSSR count). The molecule has 1 saturated heterocycles. The fourth-order valence-corrected chi connectivity index (χ4v) is 3.31. The van der Waals surface area contributed by atoms with Gasteiger partial charge in [-0.15, -0.1) is 0 Å². The number of hydrogen-bond donors (Lipinski definition) is 0. The molecule has 68 valence electrons. The van der Waals surface area contributed by atoms with E-state index < -0.39 is 0 Å². The highest BCUT2D eigenvalue weighted by Gasteiger charge is 2.33. The molecule has 0 atom stereocenters. The van der Waals surface area contributed by atoms with Crippen LogP contribution in [0.4, 0.5) is 0 Å². The summed E-state index contributed by atoms with van der Waals surface area (Å²) in [5.74, 6) is 3.02. The van der Waals surface area contributed by atoms with Crippen LogP contribution in [0.3, 0.4) is 0 Å². The lowest BCUT2D eigenvalue weighted by Gasteiger charge is -2.18. The zero-order valence-corrected chi connectivity index (χ0v) is 8.62. The molecule has 4 heteroatoms. The van der Waals surface area contributed by atoms with Gasteiger partial charge in [-0.1, -0.05) is 21.6 Å². The Morgan fingerprint density at radius 1 is 1.17 bits per heavy atom. The average molecular weight is 203 g/mol. The third kappa shape index (κ3) is 2.10. The van der Waals surface area contributed by atoms with Crippen LogP contribution in [-0.4, -0.2) is 35.4 Å². The van der Waals surface area contributed by atoms with Gasteiger partial charge in [-0.05, 0) is 12.8 Å². The van der Waals surface area contributed by atoms with E-state index in [4.69, 9.17) is 0 Å². The lowest BCUT2D eigenvalue weighted by Crippen LogP contribution is -2.34. The van der Waals surface area contributed by atoms with Gasteiger partial charge in [0.1, 0.15) is 0 Å². The van der Waals surface area contributed by atoms with Crippen LogP contribution >= 0.6 is 21.6 Å². The van der Waals surface area contributed by atoms with Crippen molar-refractivity contribution in [2.45, 2.75) is 12.8 Å². The van der Waals surface area contributed by atoms with Gasteiger partial charge in [-0.25, -0.2) is 0 Å². The van der Waals surface area contributed by atoms with Crippen molar-refractivity contribution in [3.05, 3.63) is 0 Å². The number of carbonyl (C=O) groups excluding carboxylic acids is 1. The molecular weight excluding hydrogens is 190 g/mol. The summed E-state index contributed by atoms with van der Waals surface area (Å²) in [7, 11) is 3.78. The highest BCUT2D eigenvalue weighted by atomic mass is 33.1. The number of rotatable bonds is 1. The van der Waals surface area contributed by atoms with Crippen LogP contribution in [0, 0.1) is 5.92 Å². The normalized spacial score (nSPS) is 25.2. The van der Waals surface area contributed by atoms with Gasteiger partial charge in [0, 0.05) is 30.5 Å². The molecule has 1 aliphatic carbocycles. The van der Waals surface area contributed by atoms with Crippen LogP contribution in [0.1, 0.15) is 12.8 Å². The van der Waals surface area contributed by atoms with Crippen molar-refractivity contribution in [1.82, 2.24) is 4.90 Å². The van der Waals surface area contributed by atoms with E-state index in [1.165, 1.54) is 0 Å². The zero-order chi connectivity index (χ0) is 8.39. The largest absolute Gasteiger partial charge is 0.341 e. The second kappa shape index (κ2) is 3.92. The van der Waals surface area contributed by atoms with Crippen LogP contribution < -0.4 is 0 Å². The van der Waals surface area contributed by atoms with Crippen molar-refractivity contribution in [2.75, 3.05) is 24.6 Å². The molecule has 0 spiro atoms. The van der Waals surface area contributed by atoms with E-state index in [-0.39, 0.29) is 0 Å². The van der Waals surface area contributed by atoms with Crippen molar-refractivity contribution in [3.63, 3.8) is 0 Å². The molecule has 0 aromatic heterocycles. The lowest BCUT2D eigenvalue weighted by molar-refractivity contribution is -0.132. The van der Waals surface area contributed by atoms with Gasteiger partial charge in [-0.3, -0.25) is 4.79 Å². The maximum Gasteiger partial charge on any atom is 0.225 e. The number of hydrogen-bond acceptors (Lipinski definition) is 3. The zero-order valence-electron chi connectivity index (χ0n) is 6.99. The van der Waals surface area contributed by atoms with E-state index in [9.17, 15) is 4.79 Å². The van der Waals surface area contributed by atoms with Crippen molar-refractivity contribution < 1.29 is 4.79 Å². The van der Waals surface area contributed by atoms with Gasteiger partial charge in [-0.2, -0.15) is 0 Å². The number of nitrogens with zero attached hydrogens (tertiary/aromatic N) is 1. The molecule has 2 aliphatic rings. The summed E-state index contributed by atoms with van der Waals surface area (Å²) in [4.78, 5) is 13.7. The maximum absolute atomic E-state index is 11.6. The minimum absolute atomic E-state index is 0.401. The van der Waals surface area contributed by atoms with Crippen LogP contribution in [0.15, 0.2) is 0 Å². The van der Waals surface area contributed by atoms with E-state index in [0.717, 1.165) is 37.4 Å². The minimum Gasteiger partial charge on any atom is -0.341 e. The highest BCUT2D eigenvalue weighted by Crippen LogP contribution is 2.32. The molecule has 2 fully saturated rings. The Labute approximate surface area is 80.8 Å². The molecule has 2 nitrogen and oxygen atoms in total. The Morgan fingerprint density at radius 2 is 1.75 bits per heavy atom. The van der Waals surface area contributed by atoms with E-state index in [2.05, 4.69) is 0 Å². The lowest BCUT2D eigenvalue weighted by atomic mass is 10.3. The maximum atomic E-state index is 11.6. The third-order valence-electron chi connectivity index (χ3n) is 2.21. The average Bonchev–Trinajstić information content (AvgIpc) is 2.92. The minimum atomic E-state index is 0.401. The van der Waals surface area contributed by atoms with Crippen LogP contribution in [0.25, 0.3) is 0 Å². The molecule has 1 amide bonds. The van der Waals surface area contributed by atoms with E-state index in [1.807, 2.05) is 26.5 Å². The van der Waals surface area contributed by atoms with Crippen LogP contribution in [0.2, 0.25) is 0 Å². The first-order valence-corrected chi connectivity index (χ1v) is 6.90. The first-order valence-electron chi connectivity index (χ1n) is 4.41. The summed E-state index contributed by atoms with van der Waals surface area (Å²) in [6.45, 7) is 1.93. The molecule has 0 aromatic rings. The predicted octanol–water partition coefficient (Wildman–Crippen LogP) is 1.62. The predicted molar refractivity (Wildman–Crippen MR) is 54.2 cm³/mol. The molecule has 1 aliphatic heterocycles. The van der Waals surface area contributed by atoms with Gasteiger partial charge < -0.3 is 4.90 Å². The first kappa shape index (κ1) is 8.75. The highest BCUT2D eigenvalue weighted by molar-refractivity contribution is 8.76. The van der Waals surface area contributed by atoms with E-state index in [1.54, 1.807) is 0 Å². The van der Waals surface area contributed by atoms with Gasteiger partial charge in [0.25, 0.3) is 0 Å². The van der Waals surface area contributed by atoms with Crippen molar-refractivity contribution in [1.29, 1.82) is 0 Å². The third-order valence-corrected chi connectivity index (χ3v) is 4.58. The van der Waals surface area contributed by atoms with Crippen molar-refractivity contribution >= 4 is 27.5 Å². The fourth-order valence-electron chi connectivity index (χ4n) is 1.33. The second-order valence-electron chi connectivity index (χ2n) is 3.24. The van der Waals surface area contributed by atoms with Crippen LogP contribution in [-0.2, 0) is 4.79 Å². The number of carbonyl (C=O) groups is 1. The molecule has 12 heavy (non-hydrogen) atoms. The molecule has 1 heterocycles. The second-order valence-corrected chi connectivity index (χ2v) is 5.95. The number of amides is 1. The van der Waals surface area contributed by atoms with E-state index in [0.29, 0.717) is 11.8 Å². The molecular formula is C8H13NOS2. The monoisotopic (exact) mass is 203 g/mol.